The molecule has 1 unspecified atom stereocenters. The fourth-order valence-corrected chi connectivity index (χ4v) is 5.77. The van der Waals surface area contributed by atoms with Gasteiger partial charge in [0.25, 0.3) is 0 Å². The Bertz CT molecular complexity index is 805. The second-order valence-electron chi connectivity index (χ2n) is 7.97. The number of nitrogens with zero attached hydrogens (tertiary/aromatic N) is 2. The Morgan fingerprint density at radius 3 is 2.38 bits per heavy atom. The van der Waals surface area contributed by atoms with Crippen LogP contribution in [0.2, 0.25) is 0 Å². The topological polar surface area (TPSA) is 40.6 Å². The monoisotopic (exact) mass is 436 g/mol. The van der Waals surface area contributed by atoms with E-state index >= 15 is 0 Å². The highest BCUT2D eigenvalue weighted by molar-refractivity contribution is 7.89. The van der Waals surface area contributed by atoms with E-state index < -0.39 is 27.6 Å². The zero-order valence-corrected chi connectivity index (χ0v) is 17.4. The normalized spacial score (nSPS) is 23.4. The van der Waals surface area contributed by atoms with E-state index in [9.17, 15) is 26.0 Å². The summed E-state index contributed by atoms with van der Waals surface area (Å²) in [5.74, 6) is -0.549. The van der Waals surface area contributed by atoms with Crippen molar-refractivity contribution in [2.45, 2.75) is 57.8 Å². The molecule has 9 heteroatoms. The molecule has 0 saturated carbocycles. The molecule has 4 nitrogen and oxygen atoms in total. The van der Waals surface area contributed by atoms with Gasteiger partial charge in [-0.3, -0.25) is 4.90 Å². The van der Waals surface area contributed by atoms with Crippen molar-refractivity contribution in [1.29, 1.82) is 0 Å². The molecule has 2 heterocycles. The number of piperidine rings is 2. The maximum atomic E-state index is 13.4. The zero-order chi connectivity index (χ0) is 21.2. The van der Waals surface area contributed by atoms with Crippen LogP contribution < -0.4 is 0 Å². The highest BCUT2D eigenvalue weighted by atomic mass is 32.2. The smallest absolute Gasteiger partial charge is 0.296 e. The number of sulfonamides is 1. The average Bonchev–Trinajstić information content (AvgIpc) is 2.69. The summed E-state index contributed by atoms with van der Waals surface area (Å²) in [6, 6.07) is 3.02. The Balaban J connectivity index is 1.74. The molecule has 0 aromatic heterocycles. The molecule has 0 bridgehead atoms. The van der Waals surface area contributed by atoms with Gasteiger partial charge in [-0.2, -0.15) is 13.2 Å². The Labute approximate surface area is 169 Å². The van der Waals surface area contributed by atoms with Crippen LogP contribution in [0.5, 0.6) is 0 Å². The molecule has 0 spiro atoms. The van der Waals surface area contributed by atoms with Crippen LogP contribution in [0.3, 0.4) is 0 Å². The van der Waals surface area contributed by atoms with E-state index in [1.54, 1.807) is 6.92 Å². The molecule has 2 aliphatic heterocycles. The maximum absolute atomic E-state index is 13.4. The molecule has 3 rings (SSSR count). The van der Waals surface area contributed by atoms with Crippen molar-refractivity contribution in [1.82, 2.24) is 9.21 Å². The minimum Gasteiger partial charge on any atom is -0.296 e. The predicted molar refractivity (Wildman–Crippen MR) is 103 cm³/mol. The summed E-state index contributed by atoms with van der Waals surface area (Å²) in [6.07, 6.45) is -0.325. The molecule has 2 saturated heterocycles. The molecule has 0 radical (unpaired) electrons. The predicted octanol–water partition coefficient (Wildman–Crippen LogP) is 4.26. The molecule has 2 aliphatic rings. The third-order valence-electron chi connectivity index (χ3n) is 6.22. The van der Waals surface area contributed by atoms with Gasteiger partial charge in [0.2, 0.25) is 10.0 Å². The number of alkyl halides is 3. The lowest BCUT2D eigenvalue weighted by molar-refractivity contribution is -0.138. The van der Waals surface area contributed by atoms with Gasteiger partial charge in [0.15, 0.2) is 0 Å². The summed E-state index contributed by atoms with van der Waals surface area (Å²) in [5, 5.41) is 0. The van der Waals surface area contributed by atoms with Gasteiger partial charge in [0, 0.05) is 25.7 Å². The maximum Gasteiger partial charge on any atom is 0.416 e. The van der Waals surface area contributed by atoms with Crippen LogP contribution in [-0.2, 0) is 22.7 Å². The second kappa shape index (κ2) is 8.89. The van der Waals surface area contributed by atoms with Gasteiger partial charge in [-0.05, 0) is 62.8 Å². The summed E-state index contributed by atoms with van der Waals surface area (Å²) in [5.41, 5.74) is -0.817. The highest BCUT2D eigenvalue weighted by Gasteiger charge is 2.37. The molecule has 2 fully saturated rings. The standard InChI is InChI=1S/C20H28F4N2O2S/c1-2-29(27,28)26-11-8-15(9-12-26)19-5-3-4-10-25(19)14-16-6-7-17(21)13-18(16)20(22,23)24/h6-7,13,15,19H,2-5,8-12,14H2,1H3. The lowest BCUT2D eigenvalue weighted by Crippen LogP contribution is -2.48. The van der Waals surface area contributed by atoms with Crippen molar-refractivity contribution in [3.8, 4) is 0 Å². The van der Waals surface area contributed by atoms with Crippen molar-refractivity contribution in [3.05, 3.63) is 35.1 Å². The molecule has 1 atom stereocenters. The van der Waals surface area contributed by atoms with Gasteiger partial charge in [0.05, 0.1) is 11.3 Å². The van der Waals surface area contributed by atoms with Gasteiger partial charge >= 0.3 is 6.18 Å². The van der Waals surface area contributed by atoms with Crippen LogP contribution in [0.4, 0.5) is 17.6 Å². The van der Waals surface area contributed by atoms with Crippen LogP contribution in [0.15, 0.2) is 18.2 Å². The van der Waals surface area contributed by atoms with E-state index in [2.05, 4.69) is 4.90 Å². The van der Waals surface area contributed by atoms with Gasteiger partial charge in [-0.25, -0.2) is 17.1 Å². The molecule has 1 aromatic carbocycles. The second-order valence-corrected chi connectivity index (χ2v) is 10.2. The summed E-state index contributed by atoms with van der Waals surface area (Å²) < 4.78 is 79.2. The van der Waals surface area contributed by atoms with Crippen molar-refractivity contribution in [2.75, 3.05) is 25.4 Å². The summed E-state index contributed by atoms with van der Waals surface area (Å²) in [4.78, 5) is 2.08. The third kappa shape index (κ3) is 5.30. The minimum absolute atomic E-state index is 0.0814. The first kappa shape index (κ1) is 22.5. The summed E-state index contributed by atoms with van der Waals surface area (Å²) in [7, 11) is -3.20. The van der Waals surface area contributed by atoms with E-state index in [-0.39, 0.29) is 29.8 Å². The quantitative estimate of drug-likeness (QED) is 0.648. The molecule has 1 aromatic rings. The lowest BCUT2D eigenvalue weighted by Gasteiger charge is -2.43. The fourth-order valence-electron chi connectivity index (χ4n) is 4.64. The van der Waals surface area contributed by atoms with Crippen molar-refractivity contribution in [2.24, 2.45) is 5.92 Å². The van der Waals surface area contributed by atoms with Crippen LogP contribution in [0.25, 0.3) is 0 Å². The van der Waals surface area contributed by atoms with Crippen LogP contribution in [0, 0.1) is 11.7 Å². The van der Waals surface area contributed by atoms with Gasteiger partial charge in [-0.1, -0.05) is 12.5 Å². The van der Waals surface area contributed by atoms with Crippen molar-refractivity contribution in [3.63, 3.8) is 0 Å². The molecule has 0 N–H and O–H groups in total. The van der Waals surface area contributed by atoms with Gasteiger partial charge in [-0.15, -0.1) is 0 Å². The molecular weight excluding hydrogens is 408 g/mol. The first-order chi connectivity index (χ1) is 13.6. The minimum atomic E-state index is -4.59. The molecule has 164 valence electrons. The Kier molecular flexibility index (Phi) is 6.90. The third-order valence-corrected chi connectivity index (χ3v) is 8.10. The van der Waals surface area contributed by atoms with Crippen LogP contribution in [-0.4, -0.2) is 49.1 Å². The number of benzene rings is 1. The van der Waals surface area contributed by atoms with Gasteiger partial charge < -0.3 is 0 Å². The first-order valence-electron chi connectivity index (χ1n) is 10.2. The molecular formula is C20H28F4N2O2S. The van der Waals surface area contributed by atoms with Crippen LogP contribution in [0.1, 0.15) is 50.2 Å². The SMILES string of the molecule is CCS(=O)(=O)N1CCC(C2CCCCN2Cc2ccc(F)cc2C(F)(F)F)CC1. The summed E-state index contributed by atoms with van der Waals surface area (Å²) >= 11 is 0. The first-order valence-corrected chi connectivity index (χ1v) is 11.8. The highest BCUT2D eigenvalue weighted by Crippen LogP contribution is 2.36. The Hall–Kier alpha value is -1.19. The summed E-state index contributed by atoms with van der Waals surface area (Å²) in [6.45, 7) is 3.40. The average molecular weight is 437 g/mol. The van der Waals surface area contributed by atoms with E-state index in [4.69, 9.17) is 0 Å². The fraction of sp³-hybridized carbons (Fsp3) is 0.700. The molecule has 29 heavy (non-hydrogen) atoms. The number of hydrogen-bond acceptors (Lipinski definition) is 3. The number of hydrogen-bond donors (Lipinski definition) is 0. The van der Waals surface area contributed by atoms with Crippen molar-refractivity contribution >= 4 is 10.0 Å². The Morgan fingerprint density at radius 1 is 1.07 bits per heavy atom. The number of likely N-dealkylation sites (tertiary alicyclic amines) is 1. The lowest BCUT2D eigenvalue weighted by atomic mass is 9.84. The van der Waals surface area contributed by atoms with E-state index in [1.165, 1.54) is 10.4 Å². The van der Waals surface area contributed by atoms with Gasteiger partial charge in [0.1, 0.15) is 5.82 Å². The van der Waals surface area contributed by atoms with Crippen molar-refractivity contribution < 1.29 is 26.0 Å². The van der Waals surface area contributed by atoms with E-state index in [1.807, 2.05) is 0 Å². The molecule has 0 aliphatic carbocycles. The van der Waals surface area contributed by atoms with E-state index in [0.29, 0.717) is 25.7 Å². The van der Waals surface area contributed by atoms with Crippen LogP contribution >= 0.6 is 0 Å². The number of halogens is 4. The Morgan fingerprint density at radius 2 is 1.76 bits per heavy atom. The zero-order valence-electron chi connectivity index (χ0n) is 16.6. The number of rotatable bonds is 5. The van der Waals surface area contributed by atoms with E-state index in [0.717, 1.165) is 38.2 Å². The largest absolute Gasteiger partial charge is 0.416 e. The molecule has 0 amide bonds.